The lowest BCUT2D eigenvalue weighted by atomic mass is 9.98. The Balaban J connectivity index is 1.38. The number of hydrogen-bond acceptors (Lipinski definition) is 5. The van der Waals surface area contributed by atoms with Crippen LogP contribution in [0.4, 0.5) is 4.79 Å². The van der Waals surface area contributed by atoms with Crippen LogP contribution in [-0.2, 0) is 19.1 Å². The number of rotatable bonds is 8. The second-order valence-electron chi connectivity index (χ2n) is 8.50. The zero-order chi connectivity index (χ0) is 23.4. The van der Waals surface area contributed by atoms with Crippen molar-refractivity contribution in [1.29, 1.82) is 0 Å². The Morgan fingerprint density at radius 3 is 2.24 bits per heavy atom. The molecule has 1 saturated carbocycles. The van der Waals surface area contributed by atoms with Crippen LogP contribution in [0.25, 0.3) is 11.1 Å². The summed E-state index contributed by atoms with van der Waals surface area (Å²) in [5.41, 5.74) is 4.35. The summed E-state index contributed by atoms with van der Waals surface area (Å²) in [6.07, 6.45) is 0.950. The Morgan fingerprint density at radius 1 is 1.03 bits per heavy atom. The Labute approximate surface area is 192 Å². The summed E-state index contributed by atoms with van der Waals surface area (Å²) in [6, 6.07) is 14.6. The third kappa shape index (κ3) is 5.17. The van der Waals surface area contributed by atoms with Crippen molar-refractivity contribution in [2.24, 2.45) is 0 Å². The van der Waals surface area contributed by atoms with Gasteiger partial charge in [0.1, 0.15) is 12.6 Å². The molecular weight excluding hydrogens is 424 g/mol. The lowest BCUT2D eigenvalue weighted by Crippen LogP contribution is -2.50. The normalized spacial score (nSPS) is 19.9. The molecule has 2 amide bonds. The molecule has 2 aliphatic rings. The fourth-order valence-electron chi connectivity index (χ4n) is 4.75. The monoisotopic (exact) mass is 452 g/mol. The Morgan fingerprint density at radius 2 is 1.67 bits per heavy atom. The van der Waals surface area contributed by atoms with Gasteiger partial charge < -0.3 is 25.2 Å². The number of carbonyl (C=O) groups is 3. The van der Waals surface area contributed by atoms with E-state index in [1.54, 1.807) is 7.11 Å². The maximum Gasteiger partial charge on any atom is 0.407 e. The van der Waals surface area contributed by atoms with Gasteiger partial charge in [-0.1, -0.05) is 48.5 Å². The van der Waals surface area contributed by atoms with E-state index in [-0.39, 0.29) is 24.7 Å². The lowest BCUT2D eigenvalue weighted by molar-refractivity contribution is -0.140. The number of methoxy groups -OCH3 is 1. The average Bonchev–Trinajstić information content (AvgIpc) is 3.39. The number of benzene rings is 2. The molecular formula is C25H28N2O6. The molecule has 2 aromatic rings. The lowest BCUT2D eigenvalue weighted by Gasteiger charge is -2.21. The molecule has 0 spiro atoms. The van der Waals surface area contributed by atoms with Gasteiger partial charge in [0.05, 0.1) is 12.5 Å². The summed E-state index contributed by atoms with van der Waals surface area (Å²) in [4.78, 5) is 36.5. The van der Waals surface area contributed by atoms with Crippen molar-refractivity contribution in [3.63, 3.8) is 0 Å². The number of carboxylic acids is 1. The highest BCUT2D eigenvalue weighted by molar-refractivity contribution is 5.89. The van der Waals surface area contributed by atoms with Crippen molar-refractivity contribution in [3.8, 4) is 11.1 Å². The predicted molar refractivity (Wildman–Crippen MR) is 121 cm³/mol. The molecule has 0 radical (unpaired) electrons. The van der Waals surface area contributed by atoms with Crippen LogP contribution >= 0.6 is 0 Å². The molecule has 2 aliphatic carbocycles. The van der Waals surface area contributed by atoms with E-state index < -0.39 is 30.4 Å². The maximum atomic E-state index is 12.7. The van der Waals surface area contributed by atoms with Crippen LogP contribution in [0.15, 0.2) is 48.5 Å². The van der Waals surface area contributed by atoms with Crippen LogP contribution in [-0.4, -0.2) is 55.0 Å². The van der Waals surface area contributed by atoms with Crippen molar-refractivity contribution in [2.45, 2.75) is 49.8 Å². The standard InChI is InChI=1S/C25H28N2O6/c1-32-16-11-10-15(12-16)26-24(30)22(13-23(28)29)27-25(31)33-14-21-19-8-4-2-6-17(19)18-7-3-5-9-20(18)21/h2-9,15-16,21-22H,10-14H2,1H3,(H,26,30)(H,27,31)(H,28,29). The highest BCUT2D eigenvalue weighted by Gasteiger charge is 2.32. The quantitative estimate of drug-likeness (QED) is 0.567. The summed E-state index contributed by atoms with van der Waals surface area (Å²) in [7, 11) is 1.63. The van der Waals surface area contributed by atoms with Gasteiger partial charge in [0.15, 0.2) is 0 Å². The van der Waals surface area contributed by atoms with Crippen LogP contribution in [0.1, 0.15) is 42.7 Å². The molecule has 4 rings (SSSR count). The average molecular weight is 453 g/mol. The highest BCUT2D eigenvalue weighted by Crippen LogP contribution is 2.44. The number of fused-ring (bicyclic) bond motifs is 3. The van der Waals surface area contributed by atoms with Crippen LogP contribution < -0.4 is 10.6 Å². The molecule has 0 saturated heterocycles. The molecule has 3 N–H and O–H groups in total. The smallest absolute Gasteiger partial charge is 0.407 e. The highest BCUT2D eigenvalue weighted by atomic mass is 16.5. The minimum Gasteiger partial charge on any atom is -0.481 e. The van der Waals surface area contributed by atoms with E-state index in [9.17, 15) is 19.5 Å². The number of ether oxygens (including phenoxy) is 2. The minimum absolute atomic E-state index is 0.0725. The van der Waals surface area contributed by atoms with E-state index in [4.69, 9.17) is 9.47 Å². The molecule has 0 heterocycles. The summed E-state index contributed by atoms with van der Waals surface area (Å²) in [5, 5.41) is 14.5. The first kappa shape index (κ1) is 22.8. The van der Waals surface area contributed by atoms with Gasteiger partial charge in [0.2, 0.25) is 5.91 Å². The second kappa shape index (κ2) is 10.0. The Bertz CT molecular complexity index is 994. The maximum absolute atomic E-state index is 12.7. The van der Waals surface area contributed by atoms with Crippen molar-refractivity contribution < 1.29 is 29.0 Å². The zero-order valence-electron chi connectivity index (χ0n) is 18.5. The van der Waals surface area contributed by atoms with Gasteiger partial charge in [-0.3, -0.25) is 9.59 Å². The van der Waals surface area contributed by atoms with Crippen molar-refractivity contribution in [1.82, 2.24) is 10.6 Å². The van der Waals surface area contributed by atoms with Gasteiger partial charge in [-0.15, -0.1) is 0 Å². The first-order valence-electron chi connectivity index (χ1n) is 11.1. The third-order valence-electron chi connectivity index (χ3n) is 6.40. The van der Waals surface area contributed by atoms with Crippen LogP contribution in [0.2, 0.25) is 0 Å². The number of carbonyl (C=O) groups excluding carboxylic acids is 2. The number of hydrogen-bond donors (Lipinski definition) is 3. The summed E-state index contributed by atoms with van der Waals surface area (Å²) in [5.74, 6) is -1.85. The zero-order valence-corrected chi connectivity index (χ0v) is 18.5. The SMILES string of the molecule is COC1CCC(NC(=O)C(CC(=O)O)NC(=O)OCC2c3ccccc3-c3ccccc32)C1. The van der Waals surface area contributed by atoms with Gasteiger partial charge in [0.25, 0.3) is 0 Å². The molecule has 174 valence electrons. The van der Waals surface area contributed by atoms with Crippen molar-refractivity contribution in [2.75, 3.05) is 13.7 Å². The number of alkyl carbamates (subject to hydrolysis) is 1. The summed E-state index contributed by atoms with van der Waals surface area (Å²) in [6.45, 7) is 0.0828. The predicted octanol–water partition coefficient (Wildman–Crippen LogP) is 3.05. The molecule has 2 aromatic carbocycles. The van der Waals surface area contributed by atoms with E-state index in [0.29, 0.717) is 6.42 Å². The van der Waals surface area contributed by atoms with Crippen LogP contribution in [0.5, 0.6) is 0 Å². The topological polar surface area (TPSA) is 114 Å². The third-order valence-corrected chi connectivity index (χ3v) is 6.40. The van der Waals surface area contributed by atoms with Gasteiger partial charge in [-0.25, -0.2) is 4.79 Å². The van der Waals surface area contributed by atoms with Gasteiger partial charge >= 0.3 is 12.1 Å². The molecule has 8 heteroatoms. The van der Waals surface area contributed by atoms with Gasteiger partial charge in [-0.05, 0) is 41.5 Å². The molecule has 3 atom stereocenters. The fourth-order valence-corrected chi connectivity index (χ4v) is 4.75. The molecule has 33 heavy (non-hydrogen) atoms. The van der Waals surface area contributed by atoms with E-state index >= 15 is 0 Å². The largest absolute Gasteiger partial charge is 0.481 e. The number of aliphatic carboxylic acids is 1. The van der Waals surface area contributed by atoms with Gasteiger partial charge in [-0.2, -0.15) is 0 Å². The molecule has 0 bridgehead atoms. The summed E-state index contributed by atoms with van der Waals surface area (Å²) < 4.78 is 10.8. The Kier molecular flexibility index (Phi) is 6.93. The first-order valence-corrected chi connectivity index (χ1v) is 11.1. The van der Waals surface area contributed by atoms with Crippen molar-refractivity contribution in [3.05, 3.63) is 59.7 Å². The van der Waals surface area contributed by atoms with Crippen molar-refractivity contribution >= 4 is 18.0 Å². The minimum atomic E-state index is -1.22. The van der Waals surface area contributed by atoms with E-state index in [2.05, 4.69) is 10.6 Å². The van der Waals surface area contributed by atoms with E-state index in [1.807, 2.05) is 48.5 Å². The fraction of sp³-hybridized carbons (Fsp3) is 0.400. The molecule has 1 fully saturated rings. The molecule has 0 aromatic heterocycles. The van der Waals surface area contributed by atoms with Crippen LogP contribution in [0.3, 0.4) is 0 Å². The van der Waals surface area contributed by atoms with Crippen LogP contribution in [0, 0.1) is 0 Å². The number of amides is 2. The number of carboxylic acid groups (broad SMARTS) is 1. The number of nitrogens with one attached hydrogen (secondary N) is 2. The van der Waals surface area contributed by atoms with Gasteiger partial charge in [0, 0.05) is 19.1 Å². The Hall–Kier alpha value is -3.39. The van der Waals surface area contributed by atoms with E-state index in [0.717, 1.165) is 35.1 Å². The first-order chi connectivity index (χ1) is 16.0. The molecule has 0 aliphatic heterocycles. The summed E-state index contributed by atoms with van der Waals surface area (Å²) >= 11 is 0. The molecule has 8 nitrogen and oxygen atoms in total. The van der Waals surface area contributed by atoms with E-state index in [1.165, 1.54) is 0 Å². The second-order valence-corrected chi connectivity index (χ2v) is 8.50. The molecule has 3 unspecified atom stereocenters.